The van der Waals surface area contributed by atoms with E-state index < -0.39 is 6.43 Å². The Kier molecular flexibility index (Phi) is 7.21. The number of rotatable bonds is 7. The Morgan fingerprint density at radius 1 is 1.22 bits per heavy atom. The first-order chi connectivity index (χ1) is 11.0. The molecule has 0 amide bonds. The van der Waals surface area contributed by atoms with Crippen LogP contribution in [0.4, 0.5) is 8.78 Å². The minimum Gasteiger partial charge on any atom is -0.312 e. The van der Waals surface area contributed by atoms with Crippen molar-refractivity contribution in [1.82, 2.24) is 15.1 Å². The zero-order chi connectivity index (χ0) is 16.8. The lowest BCUT2D eigenvalue weighted by Crippen LogP contribution is -2.45. The summed E-state index contributed by atoms with van der Waals surface area (Å²) in [5, 5.41) is 4.34. The van der Waals surface area contributed by atoms with Gasteiger partial charge in [-0.3, -0.25) is 4.90 Å². The normalized spacial score (nSPS) is 18.7. The highest BCUT2D eigenvalue weighted by atomic mass is 35.5. The van der Waals surface area contributed by atoms with Crippen LogP contribution in [0.5, 0.6) is 0 Å². The molecule has 2 rings (SSSR count). The third-order valence-corrected chi connectivity index (χ3v) is 4.71. The molecular weight excluding hydrogens is 320 g/mol. The van der Waals surface area contributed by atoms with Crippen LogP contribution in [0.3, 0.4) is 0 Å². The minimum atomic E-state index is -2.23. The zero-order valence-electron chi connectivity index (χ0n) is 13.8. The molecule has 0 bridgehead atoms. The number of likely N-dealkylation sites (N-methyl/N-ethyl adjacent to an activating group) is 1. The summed E-state index contributed by atoms with van der Waals surface area (Å²) in [6.07, 6.45) is -0.386. The van der Waals surface area contributed by atoms with E-state index in [1.165, 1.54) is 5.56 Å². The number of hydrogen-bond acceptors (Lipinski definition) is 3. The molecule has 1 aromatic rings. The third-order valence-electron chi connectivity index (χ3n) is 4.46. The van der Waals surface area contributed by atoms with Crippen molar-refractivity contribution in [1.29, 1.82) is 0 Å². The van der Waals surface area contributed by atoms with Crippen LogP contribution in [0.25, 0.3) is 0 Å². The SMILES string of the molecule is CN(C)C(CNC1CCN(CC(F)F)CC1)c1ccc(Cl)cc1. The first-order valence-corrected chi connectivity index (χ1v) is 8.49. The van der Waals surface area contributed by atoms with Gasteiger partial charge in [0.1, 0.15) is 0 Å². The number of alkyl halides is 2. The van der Waals surface area contributed by atoms with Gasteiger partial charge in [-0.1, -0.05) is 23.7 Å². The maximum atomic E-state index is 12.4. The molecule has 1 unspecified atom stereocenters. The summed E-state index contributed by atoms with van der Waals surface area (Å²) in [5.74, 6) is 0. The molecule has 0 aromatic heterocycles. The molecule has 1 atom stereocenters. The molecule has 1 aromatic carbocycles. The summed E-state index contributed by atoms with van der Waals surface area (Å²) in [6.45, 7) is 2.23. The first kappa shape index (κ1) is 18.6. The van der Waals surface area contributed by atoms with Crippen molar-refractivity contribution >= 4 is 11.6 Å². The molecule has 0 saturated carbocycles. The van der Waals surface area contributed by atoms with Gasteiger partial charge in [0, 0.05) is 23.7 Å². The van der Waals surface area contributed by atoms with Gasteiger partial charge in [0.2, 0.25) is 0 Å². The Morgan fingerprint density at radius 2 is 1.83 bits per heavy atom. The highest BCUT2D eigenvalue weighted by Crippen LogP contribution is 2.21. The second-order valence-corrected chi connectivity index (χ2v) is 6.84. The molecule has 0 aliphatic carbocycles. The quantitative estimate of drug-likeness (QED) is 0.818. The number of piperidine rings is 1. The van der Waals surface area contributed by atoms with Crippen molar-refractivity contribution in [3.05, 3.63) is 34.9 Å². The summed E-state index contributed by atoms with van der Waals surface area (Å²) >= 11 is 5.96. The molecule has 3 nitrogen and oxygen atoms in total. The summed E-state index contributed by atoms with van der Waals surface area (Å²) in [4.78, 5) is 4.04. The molecule has 1 saturated heterocycles. The van der Waals surface area contributed by atoms with Gasteiger partial charge in [-0.15, -0.1) is 0 Å². The maximum absolute atomic E-state index is 12.4. The Balaban J connectivity index is 1.82. The lowest BCUT2D eigenvalue weighted by atomic mass is 10.0. The fourth-order valence-electron chi connectivity index (χ4n) is 3.08. The van der Waals surface area contributed by atoms with Crippen LogP contribution in [-0.2, 0) is 0 Å². The van der Waals surface area contributed by atoms with Gasteiger partial charge in [-0.25, -0.2) is 8.78 Å². The molecule has 0 spiro atoms. The van der Waals surface area contributed by atoms with Crippen molar-refractivity contribution in [3.63, 3.8) is 0 Å². The Bertz CT molecular complexity index is 459. The van der Waals surface area contributed by atoms with Crippen LogP contribution < -0.4 is 5.32 Å². The molecule has 1 aliphatic heterocycles. The van der Waals surface area contributed by atoms with Crippen LogP contribution in [0.1, 0.15) is 24.4 Å². The number of likely N-dealkylation sites (tertiary alicyclic amines) is 1. The molecule has 0 radical (unpaired) electrons. The van der Waals surface area contributed by atoms with E-state index in [2.05, 4.69) is 36.4 Å². The molecular formula is C17H26ClF2N3. The molecule has 130 valence electrons. The number of halogens is 3. The van der Waals surface area contributed by atoms with Gasteiger partial charge in [0.05, 0.1) is 6.54 Å². The van der Waals surface area contributed by atoms with Crippen LogP contribution >= 0.6 is 11.6 Å². The Labute approximate surface area is 142 Å². The number of hydrogen-bond donors (Lipinski definition) is 1. The summed E-state index contributed by atoms with van der Waals surface area (Å²) in [7, 11) is 4.12. The minimum absolute atomic E-state index is 0.0994. The second-order valence-electron chi connectivity index (χ2n) is 6.41. The van der Waals surface area contributed by atoms with Gasteiger partial charge in [0.15, 0.2) is 0 Å². The molecule has 23 heavy (non-hydrogen) atoms. The Morgan fingerprint density at radius 3 is 2.35 bits per heavy atom. The predicted octanol–water partition coefficient (Wildman–Crippen LogP) is 3.26. The van der Waals surface area contributed by atoms with Crippen LogP contribution in [0.2, 0.25) is 5.02 Å². The largest absolute Gasteiger partial charge is 0.312 e. The molecule has 1 N–H and O–H groups in total. The van der Waals surface area contributed by atoms with E-state index >= 15 is 0 Å². The van der Waals surface area contributed by atoms with E-state index in [1.807, 2.05) is 17.0 Å². The summed E-state index contributed by atoms with van der Waals surface area (Å²) < 4.78 is 24.8. The average Bonchev–Trinajstić information content (AvgIpc) is 2.50. The molecule has 1 aliphatic rings. The standard InChI is InChI=1S/C17H26ClF2N3/c1-22(2)16(13-3-5-14(18)6-4-13)11-21-15-7-9-23(10-8-15)12-17(19)20/h3-6,15-17,21H,7-12H2,1-2H3. The number of nitrogens with zero attached hydrogens (tertiary/aromatic N) is 2. The summed E-state index contributed by atoms with van der Waals surface area (Å²) in [5.41, 5.74) is 1.22. The molecule has 1 heterocycles. The van der Waals surface area contributed by atoms with E-state index in [0.717, 1.165) is 37.5 Å². The Hall–Kier alpha value is -0.750. The number of nitrogens with one attached hydrogen (secondary N) is 1. The van der Waals surface area contributed by atoms with Crippen molar-refractivity contribution < 1.29 is 8.78 Å². The zero-order valence-corrected chi connectivity index (χ0v) is 14.6. The van der Waals surface area contributed by atoms with Crippen molar-refractivity contribution in [2.24, 2.45) is 0 Å². The van der Waals surface area contributed by atoms with Crippen LogP contribution in [0, 0.1) is 0 Å². The summed E-state index contributed by atoms with van der Waals surface area (Å²) in [6, 6.07) is 8.61. The smallest absolute Gasteiger partial charge is 0.251 e. The highest BCUT2D eigenvalue weighted by molar-refractivity contribution is 6.30. The monoisotopic (exact) mass is 345 g/mol. The lowest BCUT2D eigenvalue weighted by Gasteiger charge is -2.34. The van der Waals surface area contributed by atoms with Gasteiger partial charge in [0.25, 0.3) is 6.43 Å². The molecule has 6 heteroatoms. The van der Waals surface area contributed by atoms with E-state index in [-0.39, 0.29) is 12.6 Å². The van der Waals surface area contributed by atoms with Crippen LogP contribution in [-0.4, -0.2) is 62.5 Å². The van der Waals surface area contributed by atoms with Crippen molar-refractivity contribution in [3.8, 4) is 0 Å². The van der Waals surface area contributed by atoms with Crippen molar-refractivity contribution in [2.75, 3.05) is 40.3 Å². The van der Waals surface area contributed by atoms with Crippen LogP contribution in [0.15, 0.2) is 24.3 Å². The fraction of sp³-hybridized carbons (Fsp3) is 0.647. The van der Waals surface area contributed by atoms with Gasteiger partial charge >= 0.3 is 0 Å². The van der Waals surface area contributed by atoms with Gasteiger partial charge in [-0.2, -0.15) is 0 Å². The van der Waals surface area contributed by atoms with E-state index in [4.69, 9.17) is 11.6 Å². The number of benzene rings is 1. The maximum Gasteiger partial charge on any atom is 0.251 e. The van der Waals surface area contributed by atoms with E-state index in [0.29, 0.717) is 6.04 Å². The van der Waals surface area contributed by atoms with Gasteiger partial charge in [-0.05, 0) is 57.7 Å². The van der Waals surface area contributed by atoms with Gasteiger partial charge < -0.3 is 10.2 Å². The fourth-order valence-corrected chi connectivity index (χ4v) is 3.20. The predicted molar refractivity (Wildman–Crippen MR) is 91.3 cm³/mol. The third kappa shape index (κ3) is 5.99. The first-order valence-electron chi connectivity index (χ1n) is 8.11. The lowest BCUT2D eigenvalue weighted by molar-refractivity contribution is 0.0724. The second kappa shape index (κ2) is 8.92. The molecule has 1 fully saturated rings. The van der Waals surface area contributed by atoms with E-state index in [1.54, 1.807) is 0 Å². The topological polar surface area (TPSA) is 18.5 Å². The average molecular weight is 346 g/mol. The highest BCUT2D eigenvalue weighted by Gasteiger charge is 2.22. The van der Waals surface area contributed by atoms with E-state index in [9.17, 15) is 8.78 Å². The van der Waals surface area contributed by atoms with Crippen molar-refractivity contribution in [2.45, 2.75) is 31.4 Å².